The Labute approximate surface area is 245 Å². The standard InChI is InChI=1S/C32H26ClN3O4S/c1-19(2)40-31(38)28-20(3)35-32-36(29(28)25-10-6-7-11-26(25)33)30(37)27(41-32)16-21-12-14-24(15-13-21)39-18-23-9-5-4-8-22(23)17-34/h4-16,19,29H,18H2,1-3H3. The lowest BCUT2D eigenvalue weighted by Crippen LogP contribution is -2.40. The van der Waals surface area contributed by atoms with Crippen LogP contribution in [-0.4, -0.2) is 16.6 Å². The second-order valence-corrected chi connectivity index (χ2v) is 11.1. The lowest BCUT2D eigenvalue weighted by Gasteiger charge is -2.26. The first-order valence-corrected chi connectivity index (χ1v) is 14.1. The Morgan fingerprint density at radius 3 is 2.54 bits per heavy atom. The fourth-order valence-corrected chi connectivity index (χ4v) is 5.86. The first-order valence-electron chi connectivity index (χ1n) is 13.0. The van der Waals surface area contributed by atoms with Gasteiger partial charge in [-0.25, -0.2) is 9.79 Å². The third-order valence-electron chi connectivity index (χ3n) is 6.49. The summed E-state index contributed by atoms with van der Waals surface area (Å²) in [6.45, 7) is 5.56. The molecular formula is C32H26ClN3O4S. The van der Waals surface area contributed by atoms with Gasteiger partial charge in [-0.15, -0.1) is 0 Å². The van der Waals surface area contributed by atoms with Gasteiger partial charge in [-0.3, -0.25) is 9.36 Å². The molecular weight excluding hydrogens is 558 g/mol. The average molecular weight is 584 g/mol. The Kier molecular flexibility index (Phi) is 8.20. The van der Waals surface area contributed by atoms with Crippen molar-refractivity contribution in [2.24, 2.45) is 4.99 Å². The van der Waals surface area contributed by atoms with E-state index in [9.17, 15) is 14.9 Å². The maximum absolute atomic E-state index is 13.8. The summed E-state index contributed by atoms with van der Waals surface area (Å²) in [6.07, 6.45) is 1.44. The summed E-state index contributed by atoms with van der Waals surface area (Å²) in [5.74, 6) is 0.104. The van der Waals surface area contributed by atoms with Crippen LogP contribution in [0.5, 0.6) is 5.75 Å². The molecule has 1 aromatic heterocycles. The number of nitriles is 1. The first kappa shape index (κ1) is 28.1. The molecule has 206 valence electrons. The molecule has 2 heterocycles. The van der Waals surface area contributed by atoms with Gasteiger partial charge < -0.3 is 9.47 Å². The van der Waals surface area contributed by atoms with Gasteiger partial charge in [0, 0.05) is 10.6 Å². The number of nitrogens with zero attached hydrogens (tertiary/aromatic N) is 3. The molecule has 0 N–H and O–H groups in total. The van der Waals surface area contributed by atoms with Crippen LogP contribution in [0.2, 0.25) is 5.02 Å². The number of rotatable bonds is 7. The van der Waals surface area contributed by atoms with Crippen LogP contribution in [0.15, 0.2) is 93.9 Å². The van der Waals surface area contributed by atoms with E-state index in [0.717, 1.165) is 11.1 Å². The Bertz CT molecular complexity index is 1880. The minimum Gasteiger partial charge on any atom is -0.489 e. The molecule has 0 bridgehead atoms. The van der Waals surface area contributed by atoms with Crippen molar-refractivity contribution in [3.05, 3.63) is 131 Å². The minimum absolute atomic E-state index is 0.269. The first-order chi connectivity index (χ1) is 19.8. The molecule has 1 aliphatic heterocycles. The average Bonchev–Trinajstić information content (AvgIpc) is 3.26. The van der Waals surface area contributed by atoms with Gasteiger partial charge in [0.05, 0.1) is 33.5 Å². The van der Waals surface area contributed by atoms with Gasteiger partial charge in [0.2, 0.25) is 0 Å². The van der Waals surface area contributed by atoms with E-state index >= 15 is 0 Å². The monoisotopic (exact) mass is 583 g/mol. The number of halogens is 1. The summed E-state index contributed by atoms with van der Waals surface area (Å²) < 4.78 is 13.4. The molecule has 5 rings (SSSR count). The fourth-order valence-electron chi connectivity index (χ4n) is 4.58. The Morgan fingerprint density at radius 2 is 1.83 bits per heavy atom. The summed E-state index contributed by atoms with van der Waals surface area (Å²) in [7, 11) is 0. The number of benzene rings is 3. The smallest absolute Gasteiger partial charge is 0.338 e. The van der Waals surface area contributed by atoms with Crippen LogP contribution in [0, 0.1) is 11.3 Å². The molecule has 3 aromatic carbocycles. The van der Waals surface area contributed by atoms with Gasteiger partial charge >= 0.3 is 5.97 Å². The molecule has 0 fully saturated rings. The number of carbonyl (C=O) groups is 1. The second-order valence-electron chi connectivity index (χ2n) is 9.68. The van der Waals surface area contributed by atoms with E-state index in [-0.39, 0.29) is 23.8 Å². The van der Waals surface area contributed by atoms with Crippen LogP contribution >= 0.6 is 22.9 Å². The zero-order chi connectivity index (χ0) is 29.1. The number of hydrogen-bond acceptors (Lipinski definition) is 7. The predicted molar refractivity (Wildman–Crippen MR) is 158 cm³/mol. The van der Waals surface area contributed by atoms with Gasteiger partial charge in [0.25, 0.3) is 5.56 Å². The van der Waals surface area contributed by atoms with Gasteiger partial charge in [-0.05, 0) is 62.2 Å². The van der Waals surface area contributed by atoms with Gasteiger partial charge in [-0.1, -0.05) is 71.5 Å². The van der Waals surface area contributed by atoms with Crippen LogP contribution in [-0.2, 0) is 16.1 Å². The molecule has 9 heteroatoms. The van der Waals surface area contributed by atoms with Crippen molar-refractivity contribution in [2.75, 3.05) is 0 Å². The highest BCUT2D eigenvalue weighted by Gasteiger charge is 2.34. The van der Waals surface area contributed by atoms with Crippen molar-refractivity contribution in [3.8, 4) is 11.8 Å². The van der Waals surface area contributed by atoms with E-state index in [1.807, 2.05) is 48.5 Å². The van der Waals surface area contributed by atoms with Crippen molar-refractivity contribution in [1.82, 2.24) is 4.57 Å². The molecule has 0 amide bonds. The number of esters is 1. The Morgan fingerprint density at radius 1 is 1.12 bits per heavy atom. The van der Waals surface area contributed by atoms with E-state index in [4.69, 9.17) is 21.1 Å². The molecule has 0 radical (unpaired) electrons. The maximum Gasteiger partial charge on any atom is 0.338 e. The molecule has 0 aliphatic carbocycles. The van der Waals surface area contributed by atoms with E-state index in [2.05, 4.69) is 11.1 Å². The molecule has 41 heavy (non-hydrogen) atoms. The van der Waals surface area contributed by atoms with E-state index in [1.165, 1.54) is 15.9 Å². The number of thiazole rings is 1. The van der Waals surface area contributed by atoms with Gasteiger partial charge in [0.15, 0.2) is 4.80 Å². The highest BCUT2D eigenvalue weighted by molar-refractivity contribution is 7.07. The molecule has 7 nitrogen and oxygen atoms in total. The summed E-state index contributed by atoms with van der Waals surface area (Å²) in [5.41, 5.74) is 3.27. The number of hydrogen-bond donors (Lipinski definition) is 0. The van der Waals surface area contributed by atoms with Crippen molar-refractivity contribution >= 4 is 35.0 Å². The predicted octanol–water partition coefficient (Wildman–Crippen LogP) is 5.29. The topological polar surface area (TPSA) is 93.7 Å². The van der Waals surface area contributed by atoms with Crippen LogP contribution < -0.4 is 19.6 Å². The Balaban J connectivity index is 1.50. The van der Waals surface area contributed by atoms with Crippen LogP contribution in [0.3, 0.4) is 0 Å². The largest absolute Gasteiger partial charge is 0.489 e. The SMILES string of the molecule is CC1=C(C(=O)OC(C)C)C(c2ccccc2Cl)n2c(sc(=Cc3ccc(OCc4ccccc4C#N)cc3)c2=O)=N1. The highest BCUT2D eigenvalue weighted by Crippen LogP contribution is 2.34. The number of fused-ring (bicyclic) bond motifs is 1. The molecule has 4 aromatic rings. The zero-order valence-corrected chi connectivity index (χ0v) is 24.2. The van der Waals surface area contributed by atoms with Crippen LogP contribution in [0.4, 0.5) is 0 Å². The molecule has 0 spiro atoms. The second kappa shape index (κ2) is 12.0. The lowest BCUT2D eigenvalue weighted by atomic mass is 9.96. The molecule has 1 aliphatic rings. The zero-order valence-electron chi connectivity index (χ0n) is 22.6. The molecule has 0 saturated heterocycles. The third kappa shape index (κ3) is 5.87. The summed E-state index contributed by atoms with van der Waals surface area (Å²) >= 11 is 7.83. The minimum atomic E-state index is -0.777. The number of allylic oxidation sites excluding steroid dienone is 1. The normalized spacial score (nSPS) is 14.8. The number of carbonyl (C=O) groups excluding carboxylic acids is 1. The Hall–Kier alpha value is -4.45. The fraction of sp³-hybridized carbons (Fsp3) is 0.188. The van der Waals surface area contributed by atoms with Crippen LogP contribution in [0.25, 0.3) is 6.08 Å². The van der Waals surface area contributed by atoms with E-state index < -0.39 is 12.0 Å². The summed E-state index contributed by atoms with van der Waals surface area (Å²) in [6, 6.07) is 23.2. The molecule has 1 unspecified atom stereocenters. The highest BCUT2D eigenvalue weighted by atomic mass is 35.5. The lowest BCUT2D eigenvalue weighted by molar-refractivity contribution is -0.143. The number of ether oxygens (including phenoxy) is 2. The van der Waals surface area contributed by atoms with Crippen molar-refractivity contribution in [3.63, 3.8) is 0 Å². The summed E-state index contributed by atoms with van der Waals surface area (Å²) in [5, 5.41) is 9.72. The van der Waals surface area contributed by atoms with E-state index in [1.54, 1.807) is 51.1 Å². The quantitative estimate of drug-likeness (QED) is 0.276. The van der Waals surface area contributed by atoms with Gasteiger partial charge in [-0.2, -0.15) is 5.26 Å². The van der Waals surface area contributed by atoms with Crippen molar-refractivity contribution < 1.29 is 14.3 Å². The van der Waals surface area contributed by atoms with Crippen molar-refractivity contribution in [2.45, 2.75) is 39.5 Å². The third-order valence-corrected chi connectivity index (χ3v) is 7.82. The van der Waals surface area contributed by atoms with Crippen molar-refractivity contribution in [1.29, 1.82) is 5.26 Å². The maximum atomic E-state index is 13.8. The van der Waals surface area contributed by atoms with Crippen LogP contribution in [0.1, 0.15) is 49.1 Å². The van der Waals surface area contributed by atoms with Gasteiger partial charge in [0.1, 0.15) is 18.4 Å². The molecule has 0 saturated carbocycles. The van der Waals surface area contributed by atoms with E-state index in [0.29, 0.717) is 36.9 Å². The summed E-state index contributed by atoms with van der Waals surface area (Å²) in [4.78, 5) is 32.1. The molecule has 1 atom stereocenters. The number of aromatic nitrogens is 1.